The summed E-state index contributed by atoms with van der Waals surface area (Å²) in [5.41, 5.74) is -1.61. The number of alkyl halides is 3. The van der Waals surface area contributed by atoms with E-state index in [4.69, 9.17) is 0 Å². The van der Waals surface area contributed by atoms with Crippen LogP contribution < -0.4 is 10.6 Å². The normalized spacial score (nSPS) is 24.8. The van der Waals surface area contributed by atoms with E-state index in [1.54, 1.807) is 0 Å². The van der Waals surface area contributed by atoms with E-state index < -0.39 is 34.9 Å². The molecular formula is C27H28BrF4N3O2. The van der Waals surface area contributed by atoms with Crippen molar-refractivity contribution in [2.24, 2.45) is 5.92 Å². The van der Waals surface area contributed by atoms with Gasteiger partial charge in [0.25, 0.3) is 0 Å². The van der Waals surface area contributed by atoms with Crippen LogP contribution in [0.2, 0.25) is 0 Å². The Balaban J connectivity index is 1.35. The molecule has 10 heteroatoms. The Morgan fingerprint density at radius 3 is 2.30 bits per heavy atom. The summed E-state index contributed by atoms with van der Waals surface area (Å²) in [6.07, 6.45) is -1.81. The second kappa shape index (κ2) is 10.0. The quantitative estimate of drug-likeness (QED) is 0.471. The fourth-order valence-electron chi connectivity index (χ4n) is 5.60. The number of hydrogen-bond donors (Lipinski definition) is 2. The highest BCUT2D eigenvalue weighted by atomic mass is 79.9. The summed E-state index contributed by atoms with van der Waals surface area (Å²) in [6.45, 7) is 2.82. The highest BCUT2D eigenvalue weighted by Crippen LogP contribution is 2.50. The van der Waals surface area contributed by atoms with Gasteiger partial charge >= 0.3 is 6.18 Å². The molecule has 198 valence electrons. The van der Waals surface area contributed by atoms with Crippen LogP contribution in [0.5, 0.6) is 0 Å². The van der Waals surface area contributed by atoms with E-state index in [0.717, 1.165) is 54.6 Å². The van der Waals surface area contributed by atoms with Crippen LogP contribution in [0.1, 0.15) is 42.4 Å². The van der Waals surface area contributed by atoms with E-state index in [1.165, 1.54) is 0 Å². The van der Waals surface area contributed by atoms with Crippen molar-refractivity contribution in [3.8, 4) is 0 Å². The predicted octanol–water partition coefficient (Wildman–Crippen LogP) is 4.58. The molecule has 3 saturated heterocycles. The molecule has 3 heterocycles. The summed E-state index contributed by atoms with van der Waals surface area (Å²) < 4.78 is 54.7. The molecule has 5 nitrogen and oxygen atoms in total. The van der Waals surface area contributed by atoms with Gasteiger partial charge in [-0.15, -0.1) is 0 Å². The Morgan fingerprint density at radius 1 is 1.08 bits per heavy atom. The number of carbonyl (C=O) groups excluding carboxylic acids is 2. The molecule has 2 N–H and O–H groups in total. The van der Waals surface area contributed by atoms with Gasteiger partial charge in [-0.2, -0.15) is 13.2 Å². The number of benzene rings is 2. The average molecular weight is 582 g/mol. The van der Waals surface area contributed by atoms with E-state index in [2.05, 4.69) is 31.5 Å². The monoisotopic (exact) mass is 581 g/mol. The number of carbonyl (C=O) groups is 2. The lowest BCUT2D eigenvalue weighted by Crippen LogP contribution is -2.60. The van der Waals surface area contributed by atoms with E-state index in [0.29, 0.717) is 24.8 Å². The predicted molar refractivity (Wildman–Crippen MR) is 133 cm³/mol. The first-order chi connectivity index (χ1) is 17.5. The number of fused-ring (bicyclic) bond motifs is 3. The zero-order chi connectivity index (χ0) is 26.4. The molecule has 37 heavy (non-hydrogen) atoms. The number of nitrogens with zero attached hydrogens (tertiary/aromatic N) is 1. The van der Waals surface area contributed by atoms with Crippen molar-refractivity contribution in [2.45, 2.75) is 55.8 Å². The molecule has 4 fully saturated rings. The van der Waals surface area contributed by atoms with Crippen molar-refractivity contribution in [3.05, 3.63) is 69.4 Å². The van der Waals surface area contributed by atoms with Gasteiger partial charge in [0.05, 0.1) is 11.0 Å². The van der Waals surface area contributed by atoms with Gasteiger partial charge < -0.3 is 15.5 Å². The van der Waals surface area contributed by atoms with Gasteiger partial charge in [0.15, 0.2) is 0 Å². The molecule has 2 amide bonds. The van der Waals surface area contributed by atoms with Crippen LogP contribution in [0.4, 0.5) is 17.6 Å². The van der Waals surface area contributed by atoms with Crippen LogP contribution in [0.25, 0.3) is 0 Å². The fourth-order valence-corrected chi connectivity index (χ4v) is 5.86. The van der Waals surface area contributed by atoms with Gasteiger partial charge in [0.1, 0.15) is 11.9 Å². The summed E-state index contributed by atoms with van der Waals surface area (Å²) in [5, 5.41) is 5.95. The van der Waals surface area contributed by atoms with E-state index in [-0.39, 0.29) is 23.9 Å². The molecule has 1 saturated carbocycles. The number of halogens is 5. The lowest BCUT2D eigenvalue weighted by molar-refractivity contribution is -0.137. The van der Waals surface area contributed by atoms with Gasteiger partial charge in [0, 0.05) is 29.0 Å². The number of rotatable bonds is 7. The molecule has 0 spiro atoms. The average Bonchev–Trinajstić information content (AvgIpc) is 3.67. The number of amides is 2. The van der Waals surface area contributed by atoms with Crippen LogP contribution >= 0.6 is 15.9 Å². The van der Waals surface area contributed by atoms with Crippen molar-refractivity contribution in [2.75, 3.05) is 19.6 Å². The van der Waals surface area contributed by atoms with E-state index in [1.807, 2.05) is 24.3 Å². The van der Waals surface area contributed by atoms with Crippen molar-refractivity contribution in [3.63, 3.8) is 0 Å². The highest BCUT2D eigenvalue weighted by molar-refractivity contribution is 9.10. The van der Waals surface area contributed by atoms with Crippen molar-refractivity contribution < 1.29 is 27.2 Å². The van der Waals surface area contributed by atoms with E-state index >= 15 is 0 Å². The molecule has 0 aromatic heterocycles. The SMILES string of the molecule is O=C(N[C@@H]1CN2CCC1CC2)C(Cc1ccc(Br)cc1)NC(=O)C1(c2ccc(C(F)(F)F)cc2F)CC1. The second-order valence-electron chi connectivity index (χ2n) is 10.4. The Morgan fingerprint density at radius 2 is 1.76 bits per heavy atom. The van der Waals surface area contributed by atoms with Crippen LogP contribution in [0.3, 0.4) is 0 Å². The van der Waals surface area contributed by atoms with Crippen molar-refractivity contribution >= 4 is 27.7 Å². The van der Waals surface area contributed by atoms with Gasteiger partial charge in [-0.3, -0.25) is 9.59 Å². The molecule has 2 bridgehead atoms. The lowest BCUT2D eigenvalue weighted by atomic mass is 9.84. The topological polar surface area (TPSA) is 61.4 Å². The standard InChI is InChI=1S/C27H28BrF4N3O2/c28-19-4-1-16(2-5-19)13-22(24(36)33-23-15-35-11-7-17(23)8-12-35)34-25(37)26(9-10-26)20-6-3-18(14-21(20)29)27(30,31)32/h1-6,14,17,22-23H,7-13,15H2,(H,33,36)(H,34,37)/t22?,23-/m1/s1. The van der Waals surface area contributed by atoms with Gasteiger partial charge in [-0.25, -0.2) is 4.39 Å². The number of nitrogens with one attached hydrogen (secondary N) is 2. The van der Waals surface area contributed by atoms with Crippen molar-refractivity contribution in [1.29, 1.82) is 0 Å². The van der Waals surface area contributed by atoms with Gasteiger partial charge in [-0.05, 0) is 74.5 Å². The Bertz CT molecular complexity index is 1180. The summed E-state index contributed by atoms with van der Waals surface area (Å²) in [7, 11) is 0. The summed E-state index contributed by atoms with van der Waals surface area (Å²) >= 11 is 3.39. The minimum absolute atomic E-state index is 0.00145. The molecule has 1 unspecified atom stereocenters. The van der Waals surface area contributed by atoms with Crippen LogP contribution in [-0.2, 0) is 27.6 Å². The first-order valence-electron chi connectivity index (χ1n) is 12.5. The summed E-state index contributed by atoms with van der Waals surface area (Å²) in [6, 6.07) is 8.77. The molecule has 2 aromatic carbocycles. The molecule has 2 atom stereocenters. The van der Waals surface area contributed by atoms with Crippen molar-refractivity contribution in [1.82, 2.24) is 15.5 Å². The molecule has 1 aliphatic carbocycles. The summed E-state index contributed by atoms with van der Waals surface area (Å²) in [4.78, 5) is 29.2. The fraction of sp³-hybridized carbons (Fsp3) is 0.481. The molecule has 3 aliphatic heterocycles. The zero-order valence-corrected chi connectivity index (χ0v) is 21.7. The second-order valence-corrected chi connectivity index (χ2v) is 11.3. The van der Waals surface area contributed by atoms with Gasteiger partial charge in [-0.1, -0.05) is 34.1 Å². The first-order valence-corrected chi connectivity index (χ1v) is 13.3. The zero-order valence-electron chi connectivity index (χ0n) is 20.1. The Kier molecular flexibility index (Phi) is 7.08. The first kappa shape index (κ1) is 26.2. The van der Waals surface area contributed by atoms with Gasteiger partial charge in [0.2, 0.25) is 11.8 Å². The number of piperidine rings is 3. The third kappa shape index (κ3) is 5.55. The lowest BCUT2D eigenvalue weighted by Gasteiger charge is -2.45. The third-order valence-electron chi connectivity index (χ3n) is 7.96. The maximum atomic E-state index is 14.8. The highest BCUT2D eigenvalue weighted by Gasteiger charge is 2.54. The Hall–Kier alpha value is -2.46. The van der Waals surface area contributed by atoms with E-state index in [9.17, 15) is 27.2 Å². The molecule has 2 aromatic rings. The third-order valence-corrected chi connectivity index (χ3v) is 8.48. The smallest absolute Gasteiger partial charge is 0.350 e. The maximum absolute atomic E-state index is 14.8. The number of hydrogen-bond acceptors (Lipinski definition) is 3. The Labute approximate surface area is 221 Å². The van der Waals surface area contributed by atoms with Crippen LogP contribution in [0.15, 0.2) is 46.9 Å². The molecular weight excluding hydrogens is 554 g/mol. The van der Waals surface area contributed by atoms with Crippen LogP contribution in [-0.4, -0.2) is 48.4 Å². The molecule has 0 radical (unpaired) electrons. The largest absolute Gasteiger partial charge is 0.416 e. The minimum atomic E-state index is -4.68. The molecule has 4 aliphatic rings. The van der Waals surface area contributed by atoms with Crippen LogP contribution in [0, 0.1) is 11.7 Å². The maximum Gasteiger partial charge on any atom is 0.416 e. The summed E-state index contributed by atoms with van der Waals surface area (Å²) in [5.74, 6) is -1.52. The minimum Gasteiger partial charge on any atom is -0.350 e. The molecule has 6 rings (SSSR count).